The number of hydrogen-bond acceptors (Lipinski definition) is 4. The molecule has 160 valence electrons. The Bertz CT molecular complexity index is 890. The molecule has 1 aromatic carbocycles. The quantitative estimate of drug-likeness (QED) is 0.735. The second-order valence-corrected chi connectivity index (χ2v) is 8.13. The number of nitrogens with zero attached hydrogens (tertiary/aromatic N) is 1. The molecule has 8 heteroatoms. The molecular formula is C22H26ClN3O4. The largest absolute Gasteiger partial charge is 0.459 e. The van der Waals surface area contributed by atoms with Gasteiger partial charge in [0, 0.05) is 19.1 Å². The van der Waals surface area contributed by atoms with Gasteiger partial charge in [0.05, 0.1) is 16.8 Å². The van der Waals surface area contributed by atoms with Gasteiger partial charge in [-0.15, -0.1) is 0 Å². The van der Waals surface area contributed by atoms with Gasteiger partial charge in [-0.3, -0.25) is 14.4 Å². The fourth-order valence-electron chi connectivity index (χ4n) is 3.47. The normalized spacial score (nSPS) is 15.7. The number of hydrogen-bond donors (Lipinski definition) is 2. The average molecular weight is 432 g/mol. The van der Waals surface area contributed by atoms with Crippen LogP contribution < -0.4 is 10.6 Å². The van der Waals surface area contributed by atoms with Crippen molar-refractivity contribution in [3.8, 4) is 0 Å². The van der Waals surface area contributed by atoms with E-state index < -0.39 is 6.04 Å². The number of halogens is 1. The zero-order chi connectivity index (χ0) is 21.7. The van der Waals surface area contributed by atoms with Crippen molar-refractivity contribution in [1.29, 1.82) is 0 Å². The first kappa shape index (κ1) is 21.9. The summed E-state index contributed by atoms with van der Waals surface area (Å²) in [7, 11) is 0. The lowest BCUT2D eigenvalue weighted by Crippen LogP contribution is -2.54. The van der Waals surface area contributed by atoms with Crippen LogP contribution in [0.5, 0.6) is 0 Å². The van der Waals surface area contributed by atoms with Crippen molar-refractivity contribution in [3.05, 3.63) is 59.0 Å². The third-order valence-corrected chi connectivity index (χ3v) is 5.54. The zero-order valence-corrected chi connectivity index (χ0v) is 17.8. The van der Waals surface area contributed by atoms with Crippen molar-refractivity contribution in [3.63, 3.8) is 0 Å². The number of piperidine rings is 1. The number of carbonyl (C=O) groups excluding carboxylic acids is 3. The number of likely N-dealkylation sites (tertiary alicyclic amines) is 1. The Morgan fingerprint density at radius 3 is 2.40 bits per heavy atom. The van der Waals surface area contributed by atoms with Crippen LogP contribution in [-0.2, 0) is 4.79 Å². The molecule has 1 saturated heterocycles. The van der Waals surface area contributed by atoms with Crippen LogP contribution in [0.4, 0.5) is 0 Å². The Morgan fingerprint density at radius 2 is 1.80 bits per heavy atom. The minimum Gasteiger partial charge on any atom is -0.459 e. The highest BCUT2D eigenvalue weighted by Crippen LogP contribution is 2.17. The Labute approximate surface area is 180 Å². The zero-order valence-electron chi connectivity index (χ0n) is 17.1. The summed E-state index contributed by atoms with van der Waals surface area (Å²) >= 11 is 6.09. The summed E-state index contributed by atoms with van der Waals surface area (Å²) in [6.07, 6.45) is 2.76. The molecule has 1 aliphatic heterocycles. The van der Waals surface area contributed by atoms with Crippen molar-refractivity contribution >= 4 is 29.3 Å². The molecule has 0 bridgehead atoms. The van der Waals surface area contributed by atoms with Crippen LogP contribution in [-0.4, -0.2) is 47.8 Å². The first-order valence-corrected chi connectivity index (χ1v) is 10.4. The van der Waals surface area contributed by atoms with E-state index in [2.05, 4.69) is 10.6 Å². The summed E-state index contributed by atoms with van der Waals surface area (Å²) in [5.41, 5.74) is 0.336. The van der Waals surface area contributed by atoms with Gasteiger partial charge in [0.1, 0.15) is 6.04 Å². The lowest BCUT2D eigenvalue weighted by atomic mass is 10.00. The van der Waals surface area contributed by atoms with Gasteiger partial charge in [-0.05, 0) is 43.0 Å². The van der Waals surface area contributed by atoms with Crippen molar-refractivity contribution in [2.24, 2.45) is 5.92 Å². The molecular weight excluding hydrogens is 406 g/mol. The van der Waals surface area contributed by atoms with Crippen molar-refractivity contribution in [2.45, 2.75) is 38.8 Å². The predicted molar refractivity (Wildman–Crippen MR) is 113 cm³/mol. The first-order chi connectivity index (χ1) is 14.4. The minimum atomic E-state index is -0.684. The molecule has 0 spiro atoms. The van der Waals surface area contributed by atoms with Crippen molar-refractivity contribution < 1.29 is 18.8 Å². The highest BCUT2D eigenvalue weighted by atomic mass is 35.5. The number of furan rings is 1. The van der Waals surface area contributed by atoms with Crippen molar-refractivity contribution in [2.75, 3.05) is 13.1 Å². The molecule has 3 rings (SSSR count). The second kappa shape index (κ2) is 9.80. The lowest BCUT2D eigenvalue weighted by molar-refractivity contribution is -0.124. The van der Waals surface area contributed by atoms with E-state index in [9.17, 15) is 14.4 Å². The van der Waals surface area contributed by atoms with Crippen LogP contribution in [0.2, 0.25) is 5.02 Å². The molecule has 30 heavy (non-hydrogen) atoms. The number of rotatable bonds is 6. The Morgan fingerprint density at radius 1 is 1.10 bits per heavy atom. The second-order valence-electron chi connectivity index (χ2n) is 7.73. The van der Waals surface area contributed by atoms with E-state index in [0.717, 1.165) is 0 Å². The van der Waals surface area contributed by atoms with E-state index in [4.69, 9.17) is 16.0 Å². The number of carbonyl (C=O) groups is 3. The van der Waals surface area contributed by atoms with Gasteiger partial charge in [-0.25, -0.2) is 0 Å². The summed E-state index contributed by atoms with van der Waals surface area (Å²) in [6, 6.07) is 9.32. The molecule has 1 aliphatic rings. The maximum absolute atomic E-state index is 12.9. The molecule has 0 aliphatic carbocycles. The van der Waals surface area contributed by atoms with Crippen LogP contribution in [0.15, 0.2) is 47.1 Å². The third kappa shape index (κ3) is 5.21. The fraction of sp³-hybridized carbons (Fsp3) is 0.409. The topological polar surface area (TPSA) is 91.7 Å². The SMILES string of the molecule is CC(C)C(NC(=O)c1ccccc1Cl)C(=O)NC1CCN(C(=O)c2ccco2)CC1. The predicted octanol–water partition coefficient (Wildman–Crippen LogP) is 3.11. The van der Waals surface area contributed by atoms with E-state index in [1.165, 1.54) is 6.26 Å². The Kier molecular flexibility index (Phi) is 7.15. The smallest absolute Gasteiger partial charge is 0.289 e. The number of benzene rings is 1. The van der Waals surface area contributed by atoms with E-state index in [1.807, 2.05) is 13.8 Å². The van der Waals surface area contributed by atoms with Gasteiger partial charge >= 0.3 is 0 Å². The summed E-state index contributed by atoms with van der Waals surface area (Å²) < 4.78 is 5.17. The Hall–Kier alpha value is -2.80. The van der Waals surface area contributed by atoms with Crippen molar-refractivity contribution in [1.82, 2.24) is 15.5 Å². The molecule has 7 nitrogen and oxygen atoms in total. The van der Waals surface area contributed by atoms with E-state index in [0.29, 0.717) is 42.3 Å². The molecule has 2 heterocycles. The van der Waals surface area contributed by atoms with Gasteiger partial charge in [-0.1, -0.05) is 37.6 Å². The van der Waals surface area contributed by atoms with Crippen LogP contribution in [0, 0.1) is 5.92 Å². The maximum Gasteiger partial charge on any atom is 0.289 e. The van der Waals surface area contributed by atoms with E-state index in [1.54, 1.807) is 41.3 Å². The van der Waals surface area contributed by atoms with Crippen LogP contribution in [0.3, 0.4) is 0 Å². The van der Waals surface area contributed by atoms with Crippen LogP contribution in [0.1, 0.15) is 47.6 Å². The molecule has 3 amide bonds. The summed E-state index contributed by atoms with van der Waals surface area (Å²) in [5.74, 6) is -0.539. The number of amides is 3. The molecule has 2 aromatic rings. The van der Waals surface area contributed by atoms with E-state index >= 15 is 0 Å². The highest BCUT2D eigenvalue weighted by molar-refractivity contribution is 6.33. The van der Waals surface area contributed by atoms with Gasteiger partial charge < -0.3 is 20.0 Å². The minimum absolute atomic E-state index is 0.0587. The molecule has 1 fully saturated rings. The molecule has 1 aromatic heterocycles. The van der Waals surface area contributed by atoms with Gasteiger partial charge in [0.2, 0.25) is 5.91 Å². The van der Waals surface area contributed by atoms with Crippen LogP contribution in [0.25, 0.3) is 0 Å². The van der Waals surface area contributed by atoms with Crippen LogP contribution >= 0.6 is 11.6 Å². The highest BCUT2D eigenvalue weighted by Gasteiger charge is 2.30. The number of nitrogens with one attached hydrogen (secondary N) is 2. The lowest BCUT2D eigenvalue weighted by Gasteiger charge is -2.33. The summed E-state index contributed by atoms with van der Waals surface area (Å²) in [5, 5.41) is 6.15. The standard InChI is InChI=1S/C22H26ClN3O4/c1-14(2)19(25-20(27)16-6-3-4-7-17(16)23)21(28)24-15-9-11-26(12-10-15)22(29)18-8-5-13-30-18/h3-8,13-15,19H,9-12H2,1-2H3,(H,24,28)(H,25,27). The molecule has 0 saturated carbocycles. The summed E-state index contributed by atoms with van der Waals surface area (Å²) in [6.45, 7) is 4.81. The van der Waals surface area contributed by atoms with E-state index in [-0.39, 0.29) is 29.7 Å². The molecule has 0 radical (unpaired) electrons. The average Bonchev–Trinajstić information content (AvgIpc) is 3.26. The molecule has 2 N–H and O–H groups in total. The van der Waals surface area contributed by atoms with Gasteiger partial charge in [0.15, 0.2) is 5.76 Å². The Balaban J connectivity index is 1.55. The summed E-state index contributed by atoms with van der Waals surface area (Å²) in [4.78, 5) is 39.5. The monoisotopic (exact) mass is 431 g/mol. The van der Waals surface area contributed by atoms with Gasteiger partial charge in [0.25, 0.3) is 11.8 Å². The molecule has 1 atom stereocenters. The fourth-order valence-corrected chi connectivity index (χ4v) is 3.69. The van der Waals surface area contributed by atoms with Gasteiger partial charge in [-0.2, -0.15) is 0 Å². The maximum atomic E-state index is 12.9. The first-order valence-electron chi connectivity index (χ1n) is 10.1. The molecule has 1 unspecified atom stereocenters. The third-order valence-electron chi connectivity index (χ3n) is 5.21.